The van der Waals surface area contributed by atoms with Crippen LogP contribution < -0.4 is 15.4 Å². The number of ether oxygens (including phenoxy) is 1. The minimum Gasteiger partial charge on any atom is -0.495 e. The molecule has 0 saturated carbocycles. The lowest BCUT2D eigenvalue weighted by Crippen LogP contribution is -2.33. The number of aryl methyl sites for hydroxylation is 1. The van der Waals surface area contributed by atoms with Crippen molar-refractivity contribution in [1.82, 2.24) is 19.8 Å². The second kappa shape index (κ2) is 9.82. The first-order chi connectivity index (χ1) is 15.6. The van der Waals surface area contributed by atoms with E-state index in [-0.39, 0.29) is 24.4 Å². The molecule has 1 aromatic carbocycles. The molecule has 32 heavy (non-hydrogen) atoms. The van der Waals surface area contributed by atoms with E-state index in [9.17, 15) is 4.79 Å². The van der Waals surface area contributed by atoms with Crippen molar-refractivity contribution in [3.63, 3.8) is 0 Å². The SMILES string of the molecule is CCn1cccc1[C@H]1[C@H](c2ccccn2)NC(=S)N1CCC(=O)Nc1ccccc1OC. The molecule has 3 aromatic rings. The predicted molar refractivity (Wildman–Crippen MR) is 129 cm³/mol. The van der Waals surface area contributed by atoms with E-state index >= 15 is 0 Å². The zero-order valence-electron chi connectivity index (χ0n) is 18.2. The maximum atomic E-state index is 12.7. The summed E-state index contributed by atoms with van der Waals surface area (Å²) in [5.74, 6) is 0.538. The fourth-order valence-corrected chi connectivity index (χ4v) is 4.47. The fourth-order valence-electron chi connectivity index (χ4n) is 4.13. The summed E-state index contributed by atoms with van der Waals surface area (Å²) >= 11 is 5.70. The van der Waals surface area contributed by atoms with Crippen LogP contribution in [0.25, 0.3) is 0 Å². The highest BCUT2D eigenvalue weighted by atomic mass is 32.1. The molecule has 2 aromatic heterocycles. The van der Waals surface area contributed by atoms with Gasteiger partial charge in [0.15, 0.2) is 5.11 Å². The number of carbonyl (C=O) groups excluding carboxylic acids is 1. The second-order valence-corrected chi connectivity index (χ2v) is 7.92. The van der Waals surface area contributed by atoms with Gasteiger partial charge in [-0.05, 0) is 55.5 Å². The normalized spacial score (nSPS) is 17.8. The van der Waals surface area contributed by atoms with E-state index in [1.165, 1.54) is 0 Å². The molecule has 4 rings (SSSR count). The number of methoxy groups -OCH3 is 1. The largest absolute Gasteiger partial charge is 0.495 e. The quantitative estimate of drug-likeness (QED) is 0.508. The van der Waals surface area contributed by atoms with Gasteiger partial charge >= 0.3 is 0 Å². The van der Waals surface area contributed by atoms with Crippen LogP contribution in [0.4, 0.5) is 5.69 Å². The predicted octanol–water partition coefficient (Wildman–Crippen LogP) is 3.91. The van der Waals surface area contributed by atoms with E-state index in [4.69, 9.17) is 17.0 Å². The number of hydrogen-bond donors (Lipinski definition) is 2. The first-order valence-corrected chi connectivity index (χ1v) is 11.1. The van der Waals surface area contributed by atoms with Crippen LogP contribution in [0.3, 0.4) is 0 Å². The number of thiocarbonyl (C=S) groups is 1. The van der Waals surface area contributed by atoms with Gasteiger partial charge in [0.05, 0.1) is 30.6 Å². The summed E-state index contributed by atoms with van der Waals surface area (Å²) in [5, 5.41) is 7.00. The molecular formula is C24H27N5O2S. The third kappa shape index (κ3) is 4.45. The summed E-state index contributed by atoms with van der Waals surface area (Å²) < 4.78 is 7.54. The number of benzene rings is 1. The summed E-state index contributed by atoms with van der Waals surface area (Å²) in [6.45, 7) is 3.45. The maximum Gasteiger partial charge on any atom is 0.226 e. The fraction of sp³-hybridized carbons (Fsp3) is 0.292. The first kappa shape index (κ1) is 21.8. The summed E-state index contributed by atoms with van der Waals surface area (Å²) in [4.78, 5) is 19.4. The number of aromatic nitrogens is 2. The van der Waals surface area contributed by atoms with Crippen molar-refractivity contribution in [2.75, 3.05) is 19.0 Å². The van der Waals surface area contributed by atoms with Crippen molar-refractivity contribution in [2.24, 2.45) is 0 Å². The number of para-hydroxylation sites is 2. The van der Waals surface area contributed by atoms with Crippen molar-refractivity contribution in [3.05, 3.63) is 78.4 Å². The Hall–Kier alpha value is -3.39. The van der Waals surface area contributed by atoms with E-state index < -0.39 is 0 Å². The summed E-state index contributed by atoms with van der Waals surface area (Å²) in [7, 11) is 1.59. The van der Waals surface area contributed by atoms with Gasteiger partial charge in [-0.15, -0.1) is 0 Å². The van der Waals surface area contributed by atoms with Crippen molar-refractivity contribution < 1.29 is 9.53 Å². The van der Waals surface area contributed by atoms with E-state index in [1.54, 1.807) is 13.3 Å². The third-order valence-electron chi connectivity index (χ3n) is 5.67. The van der Waals surface area contributed by atoms with Crippen LogP contribution in [0.2, 0.25) is 0 Å². The zero-order valence-corrected chi connectivity index (χ0v) is 19.0. The Bertz CT molecular complexity index is 1080. The molecule has 7 nitrogen and oxygen atoms in total. The van der Waals surface area contributed by atoms with Crippen LogP contribution in [-0.2, 0) is 11.3 Å². The van der Waals surface area contributed by atoms with Crippen LogP contribution in [0.5, 0.6) is 5.75 Å². The summed E-state index contributed by atoms with van der Waals surface area (Å²) in [6, 6.07) is 17.3. The standard InChI is InChI=1S/C24H27N5O2S/c1-3-28-15-8-11-19(28)23-22(18-10-6-7-14-25-18)27-24(32)29(23)16-13-21(30)26-17-9-4-5-12-20(17)31-2/h4-12,14-15,22-23H,3,13,16H2,1-2H3,(H,26,30)(H,27,32)/t22-,23-/m0/s1. The Morgan fingerprint density at radius 1 is 1.19 bits per heavy atom. The van der Waals surface area contributed by atoms with Gasteiger partial charge in [-0.25, -0.2) is 0 Å². The second-order valence-electron chi connectivity index (χ2n) is 7.54. The summed E-state index contributed by atoms with van der Waals surface area (Å²) in [5.41, 5.74) is 2.72. The number of pyridine rings is 1. The topological polar surface area (TPSA) is 71.4 Å². The molecule has 0 spiro atoms. The zero-order chi connectivity index (χ0) is 22.5. The molecule has 2 atom stereocenters. The van der Waals surface area contributed by atoms with E-state index in [0.717, 1.165) is 17.9 Å². The van der Waals surface area contributed by atoms with Gasteiger partial charge in [0.2, 0.25) is 5.91 Å². The van der Waals surface area contributed by atoms with Crippen molar-refractivity contribution in [1.29, 1.82) is 0 Å². The lowest BCUT2D eigenvalue weighted by atomic mass is 10.0. The van der Waals surface area contributed by atoms with Crippen molar-refractivity contribution in [3.8, 4) is 5.75 Å². The molecular weight excluding hydrogens is 422 g/mol. The Labute approximate surface area is 193 Å². The summed E-state index contributed by atoms with van der Waals surface area (Å²) in [6.07, 6.45) is 4.15. The molecule has 8 heteroatoms. The van der Waals surface area contributed by atoms with Gasteiger partial charge in [-0.3, -0.25) is 9.78 Å². The Morgan fingerprint density at radius 3 is 2.75 bits per heavy atom. The molecule has 0 aliphatic carbocycles. The van der Waals surface area contributed by atoms with Crippen LogP contribution in [0, 0.1) is 0 Å². The first-order valence-electron chi connectivity index (χ1n) is 10.7. The minimum absolute atomic E-state index is 0.0635. The number of hydrogen-bond acceptors (Lipinski definition) is 4. The number of amides is 1. The van der Waals surface area contributed by atoms with Crippen LogP contribution in [0.15, 0.2) is 67.0 Å². The van der Waals surface area contributed by atoms with Crippen LogP contribution >= 0.6 is 12.2 Å². The Morgan fingerprint density at radius 2 is 2.00 bits per heavy atom. The molecule has 0 bridgehead atoms. The molecule has 166 valence electrons. The van der Waals surface area contributed by atoms with E-state index in [2.05, 4.69) is 44.3 Å². The van der Waals surface area contributed by atoms with E-state index in [1.807, 2.05) is 48.5 Å². The molecule has 0 unspecified atom stereocenters. The third-order valence-corrected chi connectivity index (χ3v) is 6.02. The maximum absolute atomic E-state index is 12.7. The van der Waals surface area contributed by atoms with Gasteiger partial charge in [-0.1, -0.05) is 18.2 Å². The van der Waals surface area contributed by atoms with E-state index in [0.29, 0.717) is 23.1 Å². The molecule has 1 saturated heterocycles. The lowest BCUT2D eigenvalue weighted by Gasteiger charge is -2.28. The average Bonchev–Trinajstić information content (AvgIpc) is 3.42. The van der Waals surface area contributed by atoms with Gasteiger partial charge in [0.1, 0.15) is 5.75 Å². The number of nitrogens with one attached hydrogen (secondary N) is 2. The van der Waals surface area contributed by atoms with Gasteiger partial charge in [-0.2, -0.15) is 0 Å². The molecule has 2 N–H and O–H groups in total. The number of nitrogens with zero attached hydrogens (tertiary/aromatic N) is 3. The monoisotopic (exact) mass is 449 g/mol. The molecule has 1 amide bonds. The van der Waals surface area contributed by atoms with Crippen molar-refractivity contribution >= 4 is 28.9 Å². The molecule has 1 aliphatic rings. The highest BCUT2D eigenvalue weighted by Gasteiger charge is 2.40. The molecule has 1 fully saturated rings. The Kier molecular flexibility index (Phi) is 6.70. The van der Waals surface area contributed by atoms with Crippen LogP contribution in [0.1, 0.15) is 36.8 Å². The highest BCUT2D eigenvalue weighted by molar-refractivity contribution is 7.80. The molecule has 3 heterocycles. The highest BCUT2D eigenvalue weighted by Crippen LogP contribution is 2.38. The minimum atomic E-state index is -0.0961. The Balaban J connectivity index is 1.54. The molecule has 0 radical (unpaired) electrons. The number of anilines is 1. The van der Waals surface area contributed by atoms with Gasteiger partial charge < -0.3 is 24.8 Å². The van der Waals surface area contributed by atoms with Gasteiger partial charge in [0.25, 0.3) is 0 Å². The number of rotatable bonds is 8. The van der Waals surface area contributed by atoms with Crippen molar-refractivity contribution in [2.45, 2.75) is 32.0 Å². The van der Waals surface area contributed by atoms with Gasteiger partial charge in [0, 0.05) is 37.6 Å². The lowest BCUT2D eigenvalue weighted by molar-refractivity contribution is -0.116. The van der Waals surface area contributed by atoms with Crippen LogP contribution in [-0.4, -0.2) is 39.1 Å². The number of carbonyl (C=O) groups is 1. The smallest absolute Gasteiger partial charge is 0.226 e. The average molecular weight is 450 g/mol. The molecule has 1 aliphatic heterocycles.